The summed E-state index contributed by atoms with van der Waals surface area (Å²) < 4.78 is 0. The Morgan fingerprint density at radius 2 is 1.50 bits per heavy atom. The Morgan fingerprint density at radius 1 is 1.00 bits per heavy atom. The minimum atomic E-state index is -1.24. The van der Waals surface area contributed by atoms with E-state index in [1.807, 2.05) is 13.8 Å². The van der Waals surface area contributed by atoms with E-state index in [4.69, 9.17) is 15.3 Å². The van der Waals surface area contributed by atoms with Gasteiger partial charge >= 0.3 is 17.9 Å². The number of rotatable bonds is 9. The maximum atomic E-state index is 11.0. The van der Waals surface area contributed by atoms with Crippen molar-refractivity contribution in [2.24, 2.45) is 5.92 Å². The lowest BCUT2D eigenvalue weighted by Crippen LogP contribution is -2.47. The summed E-state index contributed by atoms with van der Waals surface area (Å²) >= 11 is 0. The molecule has 0 saturated carbocycles. The van der Waals surface area contributed by atoms with E-state index in [0.29, 0.717) is 0 Å². The Morgan fingerprint density at radius 3 is 1.83 bits per heavy atom. The van der Waals surface area contributed by atoms with Gasteiger partial charge in [-0.25, -0.2) is 0 Å². The molecule has 0 fully saturated rings. The van der Waals surface area contributed by atoms with Crippen LogP contribution in [-0.4, -0.2) is 45.3 Å². The Hall–Kier alpha value is -1.63. The molecule has 2 atom stereocenters. The summed E-state index contributed by atoms with van der Waals surface area (Å²) in [7, 11) is 0. The number of carboxylic acid groups (broad SMARTS) is 3. The fourth-order valence-electron chi connectivity index (χ4n) is 1.50. The van der Waals surface area contributed by atoms with E-state index in [2.05, 4.69) is 5.32 Å². The van der Waals surface area contributed by atoms with Crippen LogP contribution in [0.3, 0.4) is 0 Å². The molecular weight excluding hydrogens is 242 g/mol. The van der Waals surface area contributed by atoms with E-state index in [9.17, 15) is 14.4 Å². The minimum Gasteiger partial charge on any atom is -0.481 e. The molecule has 0 heterocycles. The fraction of sp³-hybridized carbons (Fsp3) is 0.727. The molecule has 104 valence electrons. The molecule has 0 saturated heterocycles. The van der Waals surface area contributed by atoms with Crippen LogP contribution >= 0.6 is 0 Å². The fourth-order valence-corrected chi connectivity index (χ4v) is 1.50. The van der Waals surface area contributed by atoms with Crippen LogP contribution in [0.15, 0.2) is 0 Å². The molecule has 0 rings (SSSR count). The van der Waals surface area contributed by atoms with Gasteiger partial charge in [0.2, 0.25) is 0 Å². The smallest absolute Gasteiger partial charge is 0.320 e. The lowest BCUT2D eigenvalue weighted by atomic mass is 10.0. The second-order valence-electron chi connectivity index (χ2n) is 4.51. The summed E-state index contributed by atoms with van der Waals surface area (Å²) in [6.45, 7) is 3.65. The van der Waals surface area contributed by atoms with Gasteiger partial charge in [0.05, 0.1) is 0 Å². The van der Waals surface area contributed by atoms with Crippen LogP contribution in [0.25, 0.3) is 0 Å². The largest absolute Gasteiger partial charge is 0.481 e. The number of aliphatic carboxylic acids is 3. The monoisotopic (exact) mass is 261 g/mol. The molecule has 0 aliphatic heterocycles. The molecule has 0 aromatic rings. The van der Waals surface area contributed by atoms with Gasteiger partial charge in [0.15, 0.2) is 0 Å². The Balaban J connectivity index is 4.55. The van der Waals surface area contributed by atoms with E-state index >= 15 is 0 Å². The van der Waals surface area contributed by atoms with Gasteiger partial charge in [-0.2, -0.15) is 0 Å². The molecule has 0 amide bonds. The zero-order chi connectivity index (χ0) is 14.3. The van der Waals surface area contributed by atoms with Crippen LogP contribution in [0.4, 0.5) is 0 Å². The third-order valence-corrected chi connectivity index (χ3v) is 2.35. The molecule has 7 heteroatoms. The lowest BCUT2D eigenvalue weighted by molar-refractivity contribution is -0.143. The van der Waals surface area contributed by atoms with E-state index in [-0.39, 0.29) is 25.2 Å². The van der Waals surface area contributed by atoms with Crippen LogP contribution in [0.2, 0.25) is 0 Å². The third kappa shape index (κ3) is 6.85. The normalized spacial score (nSPS) is 14.2. The summed E-state index contributed by atoms with van der Waals surface area (Å²) in [6.07, 6.45) is -0.184. The van der Waals surface area contributed by atoms with Gasteiger partial charge in [0.25, 0.3) is 0 Å². The highest BCUT2D eigenvalue weighted by atomic mass is 16.4. The van der Waals surface area contributed by atoms with Gasteiger partial charge in [-0.1, -0.05) is 13.8 Å². The predicted molar refractivity (Wildman–Crippen MR) is 62.3 cm³/mol. The predicted octanol–water partition coefficient (Wildman–Crippen LogP) is 0.393. The van der Waals surface area contributed by atoms with Gasteiger partial charge < -0.3 is 15.3 Å². The maximum absolute atomic E-state index is 11.0. The first-order chi connectivity index (χ1) is 8.23. The van der Waals surface area contributed by atoms with Crippen LogP contribution < -0.4 is 5.32 Å². The van der Waals surface area contributed by atoms with Crippen LogP contribution in [-0.2, 0) is 14.4 Å². The van der Waals surface area contributed by atoms with Crippen LogP contribution in [0, 0.1) is 5.92 Å². The molecule has 0 aromatic carbocycles. The van der Waals surface area contributed by atoms with E-state index in [1.165, 1.54) is 0 Å². The molecule has 0 radical (unpaired) electrons. The van der Waals surface area contributed by atoms with Gasteiger partial charge in [0.1, 0.15) is 12.1 Å². The Kier molecular flexibility index (Phi) is 6.96. The van der Waals surface area contributed by atoms with E-state index < -0.39 is 30.0 Å². The van der Waals surface area contributed by atoms with Crippen molar-refractivity contribution in [2.45, 2.75) is 45.2 Å². The summed E-state index contributed by atoms with van der Waals surface area (Å²) in [5.74, 6) is -3.40. The highest BCUT2D eigenvalue weighted by Gasteiger charge is 2.26. The highest BCUT2D eigenvalue weighted by Crippen LogP contribution is 2.08. The molecule has 4 N–H and O–H groups in total. The van der Waals surface area contributed by atoms with Crippen molar-refractivity contribution < 1.29 is 29.7 Å². The molecule has 2 unspecified atom stereocenters. The zero-order valence-corrected chi connectivity index (χ0v) is 10.4. The van der Waals surface area contributed by atoms with Gasteiger partial charge in [-0.3, -0.25) is 19.7 Å². The summed E-state index contributed by atoms with van der Waals surface area (Å²) in [5.41, 5.74) is 0. The zero-order valence-electron chi connectivity index (χ0n) is 10.4. The lowest BCUT2D eigenvalue weighted by Gasteiger charge is -2.21. The van der Waals surface area contributed by atoms with Gasteiger partial charge in [0, 0.05) is 6.42 Å². The van der Waals surface area contributed by atoms with Crippen molar-refractivity contribution in [3.05, 3.63) is 0 Å². The van der Waals surface area contributed by atoms with Crippen molar-refractivity contribution in [3.8, 4) is 0 Å². The third-order valence-electron chi connectivity index (χ3n) is 2.35. The average molecular weight is 261 g/mol. The minimum absolute atomic E-state index is 0.0903. The molecule has 7 nitrogen and oxygen atoms in total. The molecule has 0 bridgehead atoms. The second-order valence-corrected chi connectivity index (χ2v) is 4.51. The number of hydrogen-bond acceptors (Lipinski definition) is 4. The SMILES string of the molecule is CC(C)CC(NC(CCC(=O)O)C(=O)O)C(=O)O. The number of hydrogen-bond donors (Lipinski definition) is 4. The number of carbonyl (C=O) groups is 3. The second kappa shape index (κ2) is 7.65. The van der Waals surface area contributed by atoms with Crippen LogP contribution in [0.1, 0.15) is 33.1 Å². The Bertz CT molecular complexity index is 315. The molecule has 0 aliphatic rings. The topological polar surface area (TPSA) is 124 Å². The highest BCUT2D eigenvalue weighted by molar-refractivity contribution is 5.78. The quantitative estimate of drug-likeness (QED) is 0.473. The van der Waals surface area contributed by atoms with E-state index in [0.717, 1.165) is 0 Å². The Labute approximate surface area is 105 Å². The summed E-state index contributed by atoms with van der Waals surface area (Å²) in [4.78, 5) is 32.3. The van der Waals surface area contributed by atoms with Gasteiger partial charge in [-0.05, 0) is 18.8 Å². The molecule has 0 aliphatic carbocycles. The molecule has 18 heavy (non-hydrogen) atoms. The summed E-state index contributed by atoms with van der Waals surface area (Å²) in [6, 6.07) is -2.15. The first-order valence-corrected chi connectivity index (χ1v) is 5.67. The van der Waals surface area contributed by atoms with Crippen molar-refractivity contribution in [1.29, 1.82) is 0 Å². The van der Waals surface area contributed by atoms with E-state index in [1.54, 1.807) is 0 Å². The van der Waals surface area contributed by atoms with Crippen molar-refractivity contribution in [1.82, 2.24) is 5.32 Å². The van der Waals surface area contributed by atoms with Gasteiger partial charge in [-0.15, -0.1) is 0 Å². The van der Waals surface area contributed by atoms with Crippen LogP contribution in [0.5, 0.6) is 0 Å². The van der Waals surface area contributed by atoms with Crippen molar-refractivity contribution in [2.75, 3.05) is 0 Å². The van der Waals surface area contributed by atoms with Crippen molar-refractivity contribution >= 4 is 17.9 Å². The number of nitrogens with one attached hydrogen (secondary N) is 1. The molecular formula is C11H19NO6. The van der Waals surface area contributed by atoms with Crippen molar-refractivity contribution in [3.63, 3.8) is 0 Å². The first kappa shape index (κ1) is 16.4. The summed E-state index contributed by atoms with van der Waals surface area (Å²) in [5, 5.41) is 28.8. The molecule has 0 aromatic heterocycles. The standard InChI is InChI=1S/C11H19NO6/c1-6(2)5-8(11(17)18)12-7(10(15)16)3-4-9(13)14/h6-8,12H,3-5H2,1-2H3,(H,13,14)(H,15,16)(H,17,18). The first-order valence-electron chi connectivity index (χ1n) is 5.67. The maximum Gasteiger partial charge on any atom is 0.320 e. The average Bonchev–Trinajstić information content (AvgIpc) is 2.20. The molecule has 0 spiro atoms. The number of carboxylic acids is 3.